The molecule has 0 aliphatic heterocycles. The summed E-state index contributed by atoms with van der Waals surface area (Å²) in [5, 5.41) is 26.5. The van der Waals surface area contributed by atoms with Gasteiger partial charge < -0.3 is 24.8 Å². The van der Waals surface area contributed by atoms with Gasteiger partial charge in [-0.3, -0.25) is 4.79 Å². The van der Waals surface area contributed by atoms with Gasteiger partial charge in [0, 0.05) is 30.4 Å². The van der Waals surface area contributed by atoms with Crippen LogP contribution >= 0.6 is 0 Å². The van der Waals surface area contributed by atoms with Crippen LogP contribution in [0.25, 0.3) is 23.1 Å². The van der Waals surface area contributed by atoms with Gasteiger partial charge in [0.2, 0.25) is 5.91 Å². The first-order chi connectivity index (χ1) is 21.8. The number of nitrogens with zero attached hydrogens (tertiary/aromatic N) is 5. The molecule has 2 aromatic carbocycles. The van der Waals surface area contributed by atoms with Crippen molar-refractivity contribution < 1.29 is 24.2 Å². The third-order valence-corrected chi connectivity index (χ3v) is 7.95. The maximum Gasteiger partial charge on any atom is 0.359 e. The number of aromatic nitrogens is 4. The summed E-state index contributed by atoms with van der Waals surface area (Å²) in [6.45, 7) is 11.5. The molecule has 0 saturated heterocycles. The number of carbonyl (C=O) groups is 2. The van der Waals surface area contributed by atoms with Crippen molar-refractivity contribution in [3.8, 4) is 17.1 Å². The zero-order valence-corrected chi connectivity index (χ0v) is 27.1. The van der Waals surface area contributed by atoms with Gasteiger partial charge >= 0.3 is 5.97 Å². The first kappa shape index (κ1) is 33.4. The predicted molar refractivity (Wildman–Crippen MR) is 176 cm³/mol. The summed E-state index contributed by atoms with van der Waals surface area (Å²) >= 11 is 0. The number of unbranched alkanes of at least 4 members (excludes halogenated alkanes) is 1. The lowest BCUT2D eigenvalue weighted by Gasteiger charge is -2.22. The summed E-state index contributed by atoms with van der Waals surface area (Å²) in [4.78, 5) is 28.2. The summed E-state index contributed by atoms with van der Waals surface area (Å²) in [7, 11) is 1.56. The standard InChI is InChI=1S/C34H44N6O5/c1-7-11-12-23(8-2)33(42)35-25-14-16-29(44-6)27(21-25)31-36-37-32-28(30(38-40(31)32)34(43)45-10-4)20-24-13-15-26(19-22(24)5)39(9-3)17-18-41/h13-16,19-21,23,41H,7-12,17-18H2,1-6H3,(H,35,42). The minimum absolute atomic E-state index is 0.0267. The molecule has 240 valence electrons. The number of benzene rings is 2. The van der Waals surface area contributed by atoms with Gasteiger partial charge in [0.25, 0.3) is 0 Å². The Bertz CT molecular complexity index is 1680. The monoisotopic (exact) mass is 616 g/mol. The number of ether oxygens (including phenoxy) is 2. The lowest BCUT2D eigenvalue weighted by atomic mass is 9.98. The van der Waals surface area contributed by atoms with Crippen LogP contribution in [0.4, 0.5) is 11.4 Å². The number of nitrogens with one attached hydrogen (secondary N) is 1. The number of amides is 1. The summed E-state index contributed by atoms with van der Waals surface area (Å²) < 4.78 is 12.5. The Balaban J connectivity index is 1.81. The van der Waals surface area contributed by atoms with Gasteiger partial charge in [-0.25, -0.2) is 4.79 Å². The van der Waals surface area contributed by atoms with Crippen molar-refractivity contribution in [1.29, 1.82) is 0 Å². The van der Waals surface area contributed by atoms with Gasteiger partial charge in [0.15, 0.2) is 17.2 Å². The number of carbonyl (C=O) groups excluding carboxylic acids is 2. The molecular formula is C34H44N6O5. The maximum absolute atomic E-state index is 13.1. The second kappa shape index (κ2) is 15.5. The molecule has 0 saturated carbocycles. The first-order valence-electron chi connectivity index (χ1n) is 15.7. The van der Waals surface area contributed by atoms with E-state index in [9.17, 15) is 14.7 Å². The van der Waals surface area contributed by atoms with Gasteiger partial charge in [-0.2, -0.15) is 9.61 Å². The number of aryl methyl sites for hydroxylation is 1. The number of aliphatic hydroxyl groups is 1. The normalized spacial score (nSPS) is 12.4. The number of methoxy groups -OCH3 is 1. The van der Waals surface area contributed by atoms with Crippen LogP contribution in [0.15, 0.2) is 36.4 Å². The number of likely N-dealkylation sites (N-methyl/N-ethyl adjacent to an activating group) is 1. The fourth-order valence-electron chi connectivity index (χ4n) is 5.39. The molecule has 45 heavy (non-hydrogen) atoms. The molecule has 0 aliphatic rings. The molecule has 1 amide bonds. The molecule has 4 aromatic rings. The fraction of sp³-hybridized carbons (Fsp3) is 0.441. The van der Waals surface area contributed by atoms with Gasteiger partial charge in [0.05, 0.1) is 31.1 Å². The second-order valence-corrected chi connectivity index (χ2v) is 10.9. The van der Waals surface area contributed by atoms with Crippen LogP contribution in [0.5, 0.6) is 5.75 Å². The van der Waals surface area contributed by atoms with Crippen molar-refractivity contribution >= 4 is 35.0 Å². The lowest BCUT2D eigenvalue weighted by molar-refractivity contribution is -0.120. The predicted octanol–water partition coefficient (Wildman–Crippen LogP) is 4.81. The minimum Gasteiger partial charge on any atom is -0.496 e. The molecule has 0 aliphatic carbocycles. The van der Waals surface area contributed by atoms with E-state index in [0.717, 1.165) is 49.0 Å². The van der Waals surface area contributed by atoms with Crippen molar-refractivity contribution in [1.82, 2.24) is 19.8 Å². The summed E-state index contributed by atoms with van der Waals surface area (Å²) in [5.41, 5.74) is 4.52. The van der Waals surface area contributed by atoms with E-state index < -0.39 is 5.97 Å². The Morgan fingerprint density at radius 2 is 1.91 bits per heavy atom. The van der Waals surface area contributed by atoms with Crippen molar-refractivity contribution in [3.05, 3.63) is 58.4 Å². The highest BCUT2D eigenvalue weighted by molar-refractivity contribution is 5.94. The third kappa shape index (κ3) is 7.42. The SMILES string of the molecule is CCCCC(CC)C(=O)Nc1ccc(OC)c(-c2nnc3c(=Cc4ccc(N(CC)CCO)cc4C)c(C(=O)OCC)nn23)c1. The number of rotatable bonds is 15. The highest BCUT2D eigenvalue weighted by atomic mass is 16.5. The number of esters is 1. The molecule has 2 aromatic heterocycles. The summed E-state index contributed by atoms with van der Waals surface area (Å²) in [6.07, 6.45) is 5.49. The van der Waals surface area contributed by atoms with Crippen LogP contribution in [0, 0.1) is 12.8 Å². The molecule has 2 N–H and O–H groups in total. The van der Waals surface area contributed by atoms with Crippen molar-refractivity contribution in [2.75, 3.05) is 43.6 Å². The number of hydrogen-bond acceptors (Lipinski definition) is 9. The Morgan fingerprint density at radius 1 is 1.11 bits per heavy atom. The second-order valence-electron chi connectivity index (χ2n) is 10.9. The van der Waals surface area contributed by atoms with E-state index in [2.05, 4.69) is 32.4 Å². The summed E-state index contributed by atoms with van der Waals surface area (Å²) in [6, 6.07) is 11.4. The molecule has 0 bridgehead atoms. The minimum atomic E-state index is -0.569. The van der Waals surface area contributed by atoms with Crippen LogP contribution < -0.4 is 20.2 Å². The summed E-state index contributed by atoms with van der Waals surface area (Å²) in [5.74, 6) is 0.202. The maximum atomic E-state index is 13.1. The van der Waals surface area contributed by atoms with Gasteiger partial charge in [-0.05, 0) is 81.1 Å². The van der Waals surface area contributed by atoms with Gasteiger partial charge in [-0.1, -0.05) is 32.8 Å². The molecule has 0 radical (unpaired) electrons. The fourth-order valence-corrected chi connectivity index (χ4v) is 5.39. The van der Waals surface area contributed by atoms with Crippen molar-refractivity contribution in [2.24, 2.45) is 5.92 Å². The van der Waals surface area contributed by atoms with Crippen LogP contribution in [0.2, 0.25) is 0 Å². The van der Waals surface area contributed by atoms with Crippen LogP contribution in [0.3, 0.4) is 0 Å². The van der Waals surface area contributed by atoms with E-state index in [1.165, 1.54) is 4.52 Å². The lowest BCUT2D eigenvalue weighted by Crippen LogP contribution is -2.26. The molecule has 11 heteroatoms. The van der Waals surface area contributed by atoms with E-state index in [1.54, 1.807) is 32.2 Å². The third-order valence-electron chi connectivity index (χ3n) is 7.95. The Kier molecular flexibility index (Phi) is 11.5. The quantitative estimate of drug-likeness (QED) is 0.181. The highest BCUT2D eigenvalue weighted by Crippen LogP contribution is 2.32. The first-order valence-corrected chi connectivity index (χ1v) is 15.7. The number of fused-ring (bicyclic) bond motifs is 1. The highest BCUT2D eigenvalue weighted by Gasteiger charge is 2.24. The average molecular weight is 617 g/mol. The molecule has 11 nitrogen and oxygen atoms in total. The van der Waals surface area contributed by atoms with Crippen LogP contribution in [0.1, 0.15) is 75.0 Å². The Hall–Kier alpha value is -4.51. The molecule has 4 rings (SSSR count). The van der Waals surface area contributed by atoms with Crippen LogP contribution in [-0.4, -0.2) is 70.2 Å². The Labute approximate surface area is 264 Å². The van der Waals surface area contributed by atoms with Crippen molar-refractivity contribution in [3.63, 3.8) is 0 Å². The van der Waals surface area contributed by atoms with E-state index in [-0.39, 0.29) is 30.7 Å². The number of aliphatic hydroxyl groups excluding tert-OH is 1. The Morgan fingerprint density at radius 3 is 2.56 bits per heavy atom. The number of anilines is 2. The molecular weight excluding hydrogens is 572 g/mol. The van der Waals surface area contributed by atoms with Crippen molar-refractivity contribution in [2.45, 2.75) is 60.3 Å². The average Bonchev–Trinajstić information content (AvgIpc) is 3.61. The van der Waals surface area contributed by atoms with E-state index in [4.69, 9.17) is 9.47 Å². The molecule has 1 unspecified atom stereocenters. The molecule has 2 heterocycles. The van der Waals surface area contributed by atoms with Gasteiger partial charge in [0.1, 0.15) is 5.75 Å². The zero-order chi connectivity index (χ0) is 32.5. The topological polar surface area (TPSA) is 131 Å². The molecule has 1 atom stereocenters. The number of hydrogen-bond donors (Lipinski definition) is 2. The van der Waals surface area contributed by atoms with Gasteiger partial charge in [-0.15, -0.1) is 10.2 Å². The van der Waals surface area contributed by atoms with Crippen LogP contribution in [-0.2, 0) is 9.53 Å². The molecule has 0 fully saturated rings. The van der Waals surface area contributed by atoms with E-state index in [0.29, 0.717) is 40.2 Å². The van der Waals surface area contributed by atoms with E-state index in [1.807, 2.05) is 45.0 Å². The smallest absolute Gasteiger partial charge is 0.359 e. The zero-order valence-electron chi connectivity index (χ0n) is 27.1. The largest absolute Gasteiger partial charge is 0.496 e. The van der Waals surface area contributed by atoms with E-state index >= 15 is 0 Å². The molecule has 0 spiro atoms.